The third-order valence-electron chi connectivity index (χ3n) is 5.20. The number of nitrogens with one attached hydrogen (secondary N) is 1. The number of rotatable bonds is 5. The van der Waals surface area contributed by atoms with E-state index in [9.17, 15) is 17.6 Å². The lowest BCUT2D eigenvalue weighted by Gasteiger charge is -2.23. The van der Waals surface area contributed by atoms with Gasteiger partial charge < -0.3 is 4.90 Å². The van der Waals surface area contributed by atoms with E-state index in [1.165, 1.54) is 18.2 Å². The van der Waals surface area contributed by atoms with Gasteiger partial charge in [-0.2, -0.15) is 0 Å². The first-order valence-corrected chi connectivity index (χ1v) is 11.1. The number of carbonyl (C=O) groups is 1. The van der Waals surface area contributed by atoms with E-state index in [0.29, 0.717) is 11.1 Å². The highest BCUT2D eigenvalue weighted by molar-refractivity contribution is 7.89. The Morgan fingerprint density at radius 3 is 2.50 bits per heavy atom. The molecule has 30 heavy (non-hydrogen) atoms. The van der Waals surface area contributed by atoms with Crippen LogP contribution in [-0.2, 0) is 23.0 Å². The van der Waals surface area contributed by atoms with Gasteiger partial charge in [-0.15, -0.1) is 0 Å². The molecule has 0 saturated heterocycles. The maximum Gasteiger partial charge on any atom is 0.258 e. The molecule has 3 aromatic carbocycles. The summed E-state index contributed by atoms with van der Waals surface area (Å²) in [7, 11) is -3.99. The third kappa shape index (κ3) is 3.86. The summed E-state index contributed by atoms with van der Waals surface area (Å²) in [6.07, 6.45) is 0.731. The Hall–Kier alpha value is -3.03. The van der Waals surface area contributed by atoms with Crippen LogP contribution in [0.3, 0.4) is 0 Å². The molecule has 0 fully saturated rings. The Bertz CT molecular complexity index is 1200. The topological polar surface area (TPSA) is 66.5 Å². The van der Waals surface area contributed by atoms with Crippen molar-refractivity contribution in [3.63, 3.8) is 0 Å². The number of sulfonamides is 1. The van der Waals surface area contributed by atoms with Gasteiger partial charge >= 0.3 is 0 Å². The summed E-state index contributed by atoms with van der Waals surface area (Å²) >= 11 is 0. The molecule has 0 unspecified atom stereocenters. The lowest BCUT2D eigenvalue weighted by atomic mass is 10.1. The van der Waals surface area contributed by atoms with Gasteiger partial charge in [-0.1, -0.05) is 42.5 Å². The molecule has 0 bridgehead atoms. The molecule has 4 rings (SSSR count). The molecule has 1 atom stereocenters. The molecule has 0 saturated carbocycles. The maximum absolute atomic E-state index is 13.9. The molecule has 1 aliphatic heterocycles. The fourth-order valence-electron chi connectivity index (χ4n) is 3.71. The van der Waals surface area contributed by atoms with Crippen molar-refractivity contribution in [1.29, 1.82) is 0 Å². The van der Waals surface area contributed by atoms with E-state index in [2.05, 4.69) is 4.72 Å². The van der Waals surface area contributed by atoms with Crippen molar-refractivity contribution in [2.75, 3.05) is 4.90 Å². The van der Waals surface area contributed by atoms with E-state index in [1.54, 1.807) is 17.0 Å². The van der Waals surface area contributed by atoms with Crippen LogP contribution in [0.2, 0.25) is 0 Å². The molecule has 1 aliphatic rings. The van der Waals surface area contributed by atoms with E-state index in [1.807, 2.05) is 43.3 Å². The SMILES string of the molecule is C[C@H]1Cc2ccc(CNS(=O)(=O)c3ccccc3F)cc2N1C(=O)c1ccccc1. The van der Waals surface area contributed by atoms with Crippen LogP contribution < -0.4 is 9.62 Å². The van der Waals surface area contributed by atoms with Gasteiger partial charge in [0.05, 0.1) is 0 Å². The number of nitrogens with zero attached hydrogens (tertiary/aromatic N) is 1. The highest BCUT2D eigenvalue weighted by Crippen LogP contribution is 2.34. The first-order valence-electron chi connectivity index (χ1n) is 9.61. The molecule has 0 spiro atoms. The zero-order valence-electron chi connectivity index (χ0n) is 16.4. The fraction of sp³-hybridized carbons (Fsp3) is 0.174. The minimum atomic E-state index is -3.99. The minimum Gasteiger partial charge on any atom is -0.305 e. The molecule has 0 aromatic heterocycles. The second kappa shape index (κ2) is 8.01. The van der Waals surface area contributed by atoms with Crippen molar-refractivity contribution in [1.82, 2.24) is 4.72 Å². The quantitative estimate of drug-likeness (QED) is 0.676. The summed E-state index contributed by atoms with van der Waals surface area (Å²) in [5, 5.41) is 0. The average molecular weight is 424 g/mol. The van der Waals surface area contributed by atoms with E-state index < -0.39 is 15.8 Å². The van der Waals surface area contributed by atoms with Crippen LogP contribution in [0.25, 0.3) is 0 Å². The first-order chi connectivity index (χ1) is 14.4. The molecule has 3 aromatic rings. The summed E-state index contributed by atoms with van der Waals surface area (Å²) < 4.78 is 41.2. The second-order valence-corrected chi connectivity index (χ2v) is 9.05. The Balaban J connectivity index is 1.58. The van der Waals surface area contributed by atoms with Crippen molar-refractivity contribution in [3.8, 4) is 0 Å². The van der Waals surface area contributed by atoms with Crippen molar-refractivity contribution in [3.05, 3.63) is 95.3 Å². The second-order valence-electron chi connectivity index (χ2n) is 7.31. The van der Waals surface area contributed by atoms with E-state index in [4.69, 9.17) is 0 Å². The van der Waals surface area contributed by atoms with Gasteiger partial charge in [-0.3, -0.25) is 4.79 Å². The van der Waals surface area contributed by atoms with Crippen LogP contribution >= 0.6 is 0 Å². The largest absolute Gasteiger partial charge is 0.305 e. The van der Waals surface area contributed by atoms with E-state index >= 15 is 0 Å². The van der Waals surface area contributed by atoms with Gasteiger partial charge in [-0.05, 0) is 54.8 Å². The number of fused-ring (bicyclic) bond motifs is 1. The molecule has 1 N–H and O–H groups in total. The summed E-state index contributed by atoms with van der Waals surface area (Å²) in [5.74, 6) is -0.890. The zero-order chi connectivity index (χ0) is 21.3. The Kier molecular flexibility index (Phi) is 5.40. The standard InChI is InChI=1S/C23H21FN2O3S/c1-16-13-19-12-11-17(15-25-30(28,29)22-10-6-5-9-20(22)24)14-21(19)26(16)23(27)18-7-3-2-4-8-18/h2-12,14,16,25H,13,15H2,1H3/t16-/m0/s1. The zero-order valence-corrected chi connectivity index (χ0v) is 17.2. The van der Waals surface area contributed by atoms with Crippen molar-refractivity contribution >= 4 is 21.6 Å². The number of carbonyl (C=O) groups excluding carboxylic acids is 1. The molecule has 0 aliphatic carbocycles. The molecular weight excluding hydrogens is 403 g/mol. The molecule has 7 heteroatoms. The Morgan fingerprint density at radius 2 is 1.77 bits per heavy atom. The van der Waals surface area contributed by atoms with Crippen LogP contribution in [0.15, 0.2) is 77.7 Å². The van der Waals surface area contributed by atoms with Gasteiger partial charge in [0.25, 0.3) is 5.91 Å². The van der Waals surface area contributed by atoms with Gasteiger partial charge in [0.1, 0.15) is 10.7 Å². The third-order valence-corrected chi connectivity index (χ3v) is 6.63. The van der Waals surface area contributed by atoms with Crippen LogP contribution in [0.4, 0.5) is 10.1 Å². The lowest BCUT2D eigenvalue weighted by Crippen LogP contribution is -2.35. The van der Waals surface area contributed by atoms with Gasteiger partial charge in [0.2, 0.25) is 10.0 Å². The van der Waals surface area contributed by atoms with Crippen LogP contribution in [0, 0.1) is 5.82 Å². The van der Waals surface area contributed by atoms with Gasteiger partial charge in [-0.25, -0.2) is 17.5 Å². The minimum absolute atomic E-state index is 0.00179. The van der Waals surface area contributed by atoms with E-state index in [0.717, 1.165) is 23.7 Å². The van der Waals surface area contributed by atoms with Crippen LogP contribution in [-0.4, -0.2) is 20.4 Å². The molecule has 0 radical (unpaired) electrons. The monoisotopic (exact) mass is 424 g/mol. The van der Waals surface area contributed by atoms with Gasteiger partial charge in [0.15, 0.2) is 0 Å². The smallest absolute Gasteiger partial charge is 0.258 e. The number of benzene rings is 3. The number of amides is 1. The predicted octanol–water partition coefficient (Wildman–Crippen LogP) is 3.90. The van der Waals surface area contributed by atoms with Crippen molar-refractivity contribution in [2.24, 2.45) is 0 Å². The summed E-state index contributed by atoms with van der Waals surface area (Å²) in [6, 6.07) is 19.9. The molecule has 1 heterocycles. The number of anilines is 1. The van der Waals surface area contributed by atoms with Crippen molar-refractivity contribution < 1.29 is 17.6 Å². The number of hydrogen-bond donors (Lipinski definition) is 1. The summed E-state index contributed by atoms with van der Waals surface area (Å²) in [5.41, 5.74) is 3.10. The highest BCUT2D eigenvalue weighted by Gasteiger charge is 2.31. The van der Waals surface area contributed by atoms with Gasteiger partial charge in [0, 0.05) is 23.8 Å². The van der Waals surface area contributed by atoms with Crippen LogP contribution in [0.1, 0.15) is 28.4 Å². The normalized spacial score (nSPS) is 15.8. The Morgan fingerprint density at radius 1 is 1.07 bits per heavy atom. The van der Waals surface area contributed by atoms with E-state index in [-0.39, 0.29) is 23.4 Å². The summed E-state index contributed by atoms with van der Waals surface area (Å²) in [6.45, 7) is 1.98. The molecule has 1 amide bonds. The predicted molar refractivity (Wildman–Crippen MR) is 113 cm³/mol. The fourth-order valence-corrected chi connectivity index (χ4v) is 4.81. The summed E-state index contributed by atoms with van der Waals surface area (Å²) in [4.78, 5) is 14.4. The van der Waals surface area contributed by atoms with Crippen molar-refractivity contribution in [2.45, 2.75) is 30.8 Å². The molecule has 5 nitrogen and oxygen atoms in total. The maximum atomic E-state index is 13.9. The number of hydrogen-bond acceptors (Lipinski definition) is 3. The molecular formula is C23H21FN2O3S. The van der Waals surface area contributed by atoms with Crippen LogP contribution in [0.5, 0.6) is 0 Å². The molecule has 154 valence electrons. The first kappa shape index (κ1) is 20.3. The Labute approximate surface area is 175 Å². The highest BCUT2D eigenvalue weighted by atomic mass is 32.2. The number of halogens is 1. The lowest BCUT2D eigenvalue weighted by molar-refractivity contribution is 0.0981. The average Bonchev–Trinajstić information content (AvgIpc) is 3.07.